The van der Waals surface area contributed by atoms with Gasteiger partial charge in [0.05, 0.1) is 36.6 Å². The van der Waals surface area contributed by atoms with Gasteiger partial charge in [-0.1, -0.05) is 0 Å². The summed E-state index contributed by atoms with van der Waals surface area (Å²) in [5, 5.41) is 5.26. The van der Waals surface area contributed by atoms with Crippen molar-refractivity contribution in [3.8, 4) is 17.0 Å². The molecule has 0 N–H and O–H groups in total. The van der Waals surface area contributed by atoms with Crippen molar-refractivity contribution in [2.45, 2.75) is 25.5 Å². The maximum Gasteiger partial charge on any atom is 0.341 e. The molecule has 0 spiro atoms. The number of halogens is 3. The van der Waals surface area contributed by atoms with Crippen molar-refractivity contribution in [1.82, 2.24) is 19.5 Å². The van der Waals surface area contributed by atoms with Crippen LogP contribution in [0.15, 0.2) is 52.6 Å². The van der Waals surface area contributed by atoms with Crippen LogP contribution in [0.4, 0.5) is 18.0 Å². The fraction of sp³-hybridized carbons (Fsp3) is 0.280. The molecule has 0 unspecified atom stereocenters. The number of nitrogens with zero attached hydrogens (tertiary/aromatic N) is 5. The molecule has 36 heavy (non-hydrogen) atoms. The van der Waals surface area contributed by atoms with E-state index in [0.29, 0.717) is 23.1 Å². The Bertz CT molecular complexity index is 1410. The minimum absolute atomic E-state index is 0.0743. The van der Waals surface area contributed by atoms with Crippen molar-refractivity contribution >= 4 is 12.2 Å². The third-order valence-corrected chi connectivity index (χ3v) is 6.26. The van der Waals surface area contributed by atoms with Crippen molar-refractivity contribution in [2.75, 3.05) is 13.1 Å². The molecule has 2 aliphatic heterocycles. The van der Waals surface area contributed by atoms with Gasteiger partial charge < -0.3 is 14.2 Å². The van der Waals surface area contributed by atoms with Gasteiger partial charge in [-0.2, -0.15) is 5.10 Å². The van der Waals surface area contributed by atoms with Crippen LogP contribution in [0.5, 0.6) is 5.75 Å². The van der Waals surface area contributed by atoms with E-state index in [1.807, 2.05) is 0 Å². The lowest BCUT2D eigenvalue weighted by molar-refractivity contribution is 0.0256. The lowest BCUT2D eigenvalue weighted by Crippen LogP contribution is -2.58. The number of amides is 2. The van der Waals surface area contributed by atoms with Gasteiger partial charge >= 0.3 is 6.03 Å². The molecular weight excluding hydrogens is 475 g/mol. The van der Waals surface area contributed by atoms with E-state index >= 15 is 0 Å². The normalized spacial score (nSPS) is 17.4. The number of benzene rings is 1. The molecule has 2 aromatic heterocycles. The molecule has 0 saturated carbocycles. The van der Waals surface area contributed by atoms with Crippen LogP contribution in [0.25, 0.3) is 11.3 Å². The minimum Gasteiger partial charge on any atom is -0.483 e. The van der Waals surface area contributed by atoms with Crippen LogP contribution < -0.4 is 10.3 Å². The van der Waals surface area contributed by atoms with Gasteiger partial charge in [-0.05, 0) is 36.2 Å². The fourth-order valence-corrected chi connectivity index (χ4v) is 4.31. The van der Waals surface area contributed by atoms with E-state index in [9.17, 15) is 22.8 Å². The molecule has 0 radical (unpaired) electrons. The number of likely N-dealkylation sites (tertiary alicyclic amines) is 1. The number of hydrogen-bond acceptors (Lipinski definition) is 5. The number of hydrogen-bond donors (Lipinski definition) is 0. The van der Waals surface area contributed by atoms with Crippen LogP contribution >= 0.6 is 0 Å². The van der Waals surface area contributed by atoms with Crippen molar-refractivity contribution in [1.29, 1.82) is 0 Å². The lowest BCUT2D eigenvalue weighted by Gasteiger charge is -2.41. The third-order valence-electron chi connectivity index (χ3n) is 6.26. The Labute approximate surface area is 204 Å². The first-order chi connectivity index (χ1) is 17.2. The van der Waals surface area contributed by atoms with E-state index in [4.69, 9.17) is 4.74 Å². The van der Waals surface area contributed by atoms with Crippen LogP contribution in [0.1, 0.15) is 23.6 Å². The van der Waals surface area contributed by atoms with Crippen molar-refractivity contribution in [2.24, 2.45) is 12.1 Å². The van der Waals surface area contributed by atoms with E-state index in [0.717, 1.165) is 12.3 Å². The summed E-state index contributed by atoms with van der Waals surface area (Å²) in [7, 11) is 1.62. The zero-order valence-electron chi connectivity index (χ0n) is 19.5. The lowest BCUT2D eigenvalue weighted by atomic mass is 10.0. The summed E-state index contributed by atoms with van der Waals surface area (Å²) in [6.45, 7) is 2.10. The Hall–Kier alpha value is -4.15. The number of aryl methyl sites for hydroxylation is 2. The fourth-order valence-electron chi connectivity index (χ4n) is 4.31. The molecule has 0 aliphatic carbocycles. The van der Waals surface area contributed by atoms with Gasteiger partial charge in [0.25, 0.3) is 5.56 Å². The molecular formula is C25H22F3N5O3. The number of hydrazone groups is 1. The third kappa shape index (κ3) is 4.32. The Morgan fingerprint density at radius 1 is 1.11 bits per heavy atom. The Kier molecular flexibility index (Phi) is 5.99. The highest BCUT2D eigenvalue weighted by Gasteiger charge is 2.39. The summed E-state index contributed by atoms with van der Waals surface area (Å²) in [4.78, 5) is 31.0. The molecule has 2 aliphatic rings. The molecule has 2 amide bonds. The molecule has 0 bridgehead atoms. The molecule has 8 nitrogen and oxygen atoms in total. The molecule has 3 aromatic rings. The standard InChI is InChI=1S/C25H22F3N5O3/c1-14-4-6-31(2)24(34)23(14)20-10-22(19(28)11-29-20)36-18-12-32(13-18)25(35)33-21(3-5-30-33)15-7-16(26)9-17(27)8-15/h4-11,18,21H,3,12-13H2,1-2H3/t21-/m0/s1. The van der Waals surface area contributed by atoms with Gasteiger partial charge in [0, 0.05) is 38.0 Å². The number of rotatable bonds is 4. The van der Waals surface area contributed by atoms with E-state index in [2.05, 4.69) is 10.1 Å². The second-order valence-corrected chi connectivity index (χ2v) is 8.81. The van der Waals surface area contributed by atoms with Crippen LogP contribution in [-0.4, -0.2) is 50.9 Å². The Morgan fingerprint density at radius 2 is 1.83 bits per heavy atom. The Morgan fingerprint density at radius 3 is 2.56 bits per heavy atom. The van der Waals surface area contributed by atoms with E-state index in [-0.39, 0.29) is 30.1 Å². The largest absolute Gasteiger partial charge is 0.483 e. The minimum atomic E-state index is -0.732. The quantitative estimate of drug-likeness (QED) is 0.550. The zero-order chi connectivity index (χ0) is 25.6. The first-order valence-corrected chi connectivity index (χ1v) is 11.3. The summed E-state index contributed by atoms with van der Waals surface area (Å²) in [5.74, 6) is -2.23. The maximum atomic E-state index is 14.5. The average Bonchev–Trinajstić information content (AvgIpc) is 3.29. The van der Waals surface area contributed by atoms with Gasteiger partial charge in [0.15, 0.2) is 11.6 Å². The molecule has 11 heteroatoms. The topological polar surface area (TPSA) is 80.0 Å². The summed E-state index contributed by atoms with van der Waals surface area (Å²) in [6, 6.07) is 5.19. The van der Waals surface area contributed by atoms with Crippen LogP contribution in [0, 0.1) is 24.4 Å². The van der Waals surface area contributed by atoms with Crippen molar-refractivity contribution in [3.05, 3.63) is 81.7 Å². The molecule has 1 aromatic carbocycles. The summed E-state index contributed by atoms with van der Waals surface area (Å²) < 4.78 is 49.0. The first-order valence-electron chi connectivity index (χ1n) is 11.3. The second kappa shape index (κ2) is 9.14. The summed E-state index contributed by atoms with van der Waals surface area (Å²) in [6.07, 6.45) is 3.99. The molecule has 5 rings (SSSR count). The van der Waals surface area contributed by atoms with Gasteiger partial charge in [-0.25, -0.2) is 23.0 Å². The van der Waals surface area contributed by atoms with E-state index < -0.39 is 35.6 Å². The highest BCUT2D eigenvalue weighted by atomic mass is 19.1. The SMILES string of the molecule is Cc1ccn(C)c(=O)c1-c1cc(OC2CN(C(=O)N3N=CC[C@H]3c3cc(F)cc(F)c3)C2)c(F)cn1. The van der Waals surface area contributed by atoms with Crippen LogP contribution in [0.2, 0.25) is 0 Å². The highest BCUT2D eigenvalue weighted by Crippen LogP contribution is 2.32. The van der Waals surface area contributed by atoms with Gasteiger partial charge in [0.2, 0.25) is 0 Å². The molecule has 1 saturated heterocycles. The average molecular weight is 497 g/mol. The summed E-state index contributed by atoms with van der Waals surface area (Å²) in [5.41, 5.74) is 1.37. The molecule has 1 atom stereocenters. The number of pyridine rings is 2. The van der Waals surface area contributed by atoms with Gasteiger partial charge in [-0.3, -0.25) is 9.78 Å². The number of ether oxygens (including phenoxy) is 1. The molecule has 1 fully saturated rings. The molecule has 4 heterocycles. The summed E-state index contributed by atoms with van der Waals surface area (Å²) >= 11 is 0. The number of carbonyl (C=O) groups is 1. The van der Waals surface area contributed by atoms with Crippen LogP contribution in [-0.2, 0) is 7.05 Å². The van der Waals surface area contributed by atoms with Gasteiger partial charge in [0.1, 0.15) is 17.7 Å². The number of carbonyl (C=O) groups excluding carboxylic acids is 1. The van der Waals surface area contributed by atoms with E-state index in [1.54, 1.807) is 26.2 Å². The van der Waals surface area contributed by atoms with Crippen molar-refractivity contribution < 1.29 is 22.7 Å². The predicted octanol–water partition coefficient (Wildman–Crippen LogP) is 3.79. The number of aromatic nitrogens is 2. The smallest absolute Gasteiger partial charge is 0.341 e. The monoisotopic (exact) mass is 497 g/mol. The van der Waals surface area contributed by atoms with Crippen LogP contribution in [0.3, 0.4) is 0 Å². The van der Waals surface area contributed by atoms with Crippen molar-refractivity contribution in [3.63, 3.8) is 0 Å². The Balaban J connectivity index is 1.27. The second-order valence-electron chi connectivity index (χ2n) is 8.81. The van der Waals surface area contributed by atoms with E-state index in [1.165, 1.54) is 38.9 Å². The first kappa shape index (κ1) is 23.6. The molecule has 186 valence electrons. The van der Waals surface area contributed by atoms with Gasteiger partial charge in [-0.15, -0.1) is 0 Å². The maximum absolute atomic E-state index is 14.5. The number of urea groups is 1. The predicted molar refractivity (Wildman–Crippen MR) is 125 cm³/mol. The zero-order valence-corrected chi connectivity index (χ0v) is 19.5. The highest BCUT2D eigenvalue weighted by molar-refractivity contribution is 5.79.